The average Bonchev–Trinajstić information content (AvgIpc) is 2.36. The Labute approximate surface area is 108 Å². The van der Waals surface area contributed by atoms with Crippen LogP contribution in [-0.4, -0.2) is 37.1 Å². The highest BCUT2D eigenvalue weighted by molar-refractivity contribution is 4.82. The zero-order valence-corrected chi connectivity index (χ0v) is 12.2. The summed E-state index contributed by atoms with van der Waals surface area (Å²) in [6.07, 6.45) is 8.36. The van der Waals surface area contributed by atoms with E-state index >= 15 is 0 Å². The van der Waals surface area contributed by atoms with E-state index in [9.17, 15) is 0 Å². The Morgan fingerprint density at radius 2 is 1.88 bits per heavy atom. The lowest BCUT2D eigenvalue weighted by Gasteiger charge is -2.35. The van der Waals surface area contributed by atoms with Gasteiger partial charge in [0.25, 0.3) is 0 Å². The summed E-state index contributed by atoms with van der Waals surface area (Å²) in [6, 6.07) is 0.782. The van der Waals surface area contributed by atoms with E-state index in [-0.39, 0.29) is 0 Å². The largest absolute Gasteiger partial charge is 0.314 e. The molecule has 102 valence electrons. The first-order valence-corrected chi connectivity index (χ1v) is 7.77. The Morgan fingerprint density at radius 1 is 1.12 bits per heavy atom. The number of hydrogen-bond donors (Lipinski definition) is 1. The van der Waals surface area contributed by atoms with Gasteiger partial charge in [0, 0.05) is 12.6 Å². The molecule has 1 fully saturated rings. The molecular formula is C15H32N2. The van der Waals surface area contributed by atoms with E-state index in [1.807, 2.05) is 0 Å². The summed E-state index contributed by atoms with van der Waals surface area (Å²) in [5, 5.41) is 3.69. The fourth-order valence-electron chi connectivity index (χ4n) is 3.05. The zero-order valence-electron chi connectivity index (χ0n) is 12.2. The van der Waals surface area contributed by atoms with Gasteiger partial charge in [0.2, 0.25) is 0 Å². The van der Waals surface area contributed by atoms with Crippen molar-refractivity contribution in [2.75, 3.05) is 26.2 Å². The van der Waals surface area contributed by atoms with Gasteiger partial charge in [-0.25, -0.2) is 0 Å². The van der Waals surface area contributed by atoms with E-state index in [2.05, 4.69) is 31.0 Å². The Morgan fingerprint density at radius 3 is 2.53 bits per heavy atom. The quantitative estimate of drug-likeness (QED) is 0.700. The molecule has 0 spiro atoms. The summed E-state index contributed by atoms with van der Waals surface area (Å²) < 4.78 is 0. The van der Waals surface area contributed by atoms with Crippen LogP contribution in [-0.2, 0) is 0 Å². The van der Waals surface area contributed by atoms with Gasteiger partial charge in [0.15, 0.2) is 0 Å². The van der Waals surface area contributed by atoms with E-state index in [1.54, 1.807) is 0 Å². The van der Waals surface area contributed by atoms with E-state index in [0.717, 1.165) is 18.5 Å². The van der Waals surface area contributed by atoms with E-state index in [4.69, 9.17) is 0 Å². The van der Waals surface area contributed by atoms with Crippen molar-refractivity contribution in [3.8, 4) is 0 Å². The Kier molecular flexibility index (Phi) is 7.87. The molecule has 17 heavy (non-hydrogen) atoms. The third-order valence-corrected chi connectivity index (χ3v) is 4.14. The van der Waals surface area contributed by atoms with Gasteiger partial charge in [0.1, 0.15) is 0 Å². The van der Waals surface area contributed by atoms with Crippen LogP contribution in [0.5, 0.6) is 0 Å². The molecular weight excluding hydrogens is 208 g/mol. The van der Waals surface area contributed by atoms with Crippen molar-refractivity contribution in [3.63, 3.8) is 0 Å². The summed E-state index contributed by atoms with van der Waals surface area (Å²) in [7, 11) is 0. The van der Waals surface area contributed by atoms with Crippen LogP contribution in [0, 0.1) is 5.92 Å². The molecule has 0 aromatic heterocycles. The molecule has 2 heteroatoms. The van der Waals surface area contributed by atoms with Crippen LogP contribution >= 0.6 is 0 Å². The molecule has 1 aliphatic carbocycles. The topological polar surface area (TPSA) is 15.3 Å². The maximum absolute atomic E-state index is 3.69. The van der Waals surface area contributed by atoms with Gasteiger partial charge in [-0.15, -0.1) is 0 Å². The van der Waals surface area contributed by atoms with E-state index in [0.29, 0.717) is 0 Å². The molecule has 1 rings (SSSR count). The molecule has 0 heterocycles. The molecule has 1 N–H and O–H groups in total. The fourth-order valence-corrected chi connectivity index (χ4v) is 3.05. The second kappa shape index (κ2) is 8.93. The maximum Gasteiger partial charge on any atom is 0.0107 e. The van der Waals surface area contributed by atoms with Crippen LogP contribution in [0.1, 0.15) is 59.3 Å². The van der Waals surface area contributed by atoms with Crippen LogP contribution in [0.2, 0.25) is 0 Å². The van der Waals surface area contributed by atoms with Crippen LogP contribution in [0.3, 0.4) is 0 Å². The minimum atomic E-state index is 0.782. The lowest BCUT2D eigenvalue weighted by molar-refractivity contribution is 0.172. The van der Waals surface area contributed by atoms with Crippen LogP contribution in [0.25, 0.3) is 0 Å². The SMILES string of the molecule is CCCCN(CC)CC1CCCCC1NCC. The summed E-state index contributed by atoms with van der Waals surface area (Å²) >= 11 is 0. The van der Waals surface area contributed by atoms with Crippen molar-refractivity contribution in [1.29, 1.82) is 0 Å². The van der Waals surface area contributed by atoms with Crippen molar-refractivity contribution >= 4 is 0 Å². The lowest BCUT2D eigenvalue weighted by atomic mass is 9.84. The minimum absolute atomic E-state index is 0.782. The first-order chi connectivity index (χ1) is 8.31. The number of unbranched alkanes of at least 4 members (excludes halogenated alkanes) is 1. The summed E-state index contributed by atoms with van der Waals surface area (Å²) in [6.45, 7) is 11.8. The summed E-state index contributed by atoms with van der Waals surface area (Å²) in [5.74, 6) is 0.889. The minimum Gasteiger partial charge on any atom is -0.314 e. The molecule has 0 aliphatic heterocycles. The molecule has 0 saturated heterocycles. The van der Waals surface area contributed by atoms with Crippen LogP contribution < -0.4 is 5.32 Å². The molecule has 1 saturated carbocycles. The number of nitrogens with one attached hydrogen (secondary N) is 1. The van der Waals surface area contributed by atoms with Crippen LogP contribution in [0.4, 0.5) is 0 Å². The standard InChI is InChI=1S/C15H32N2/c1-4-7-12-17(6-3)13-14-10-8-9-11-15(14)16-5-2/h14-16H,4-13H2,1-3H3. The predicted molar refractivity (Wildman–Crippen MR) is 76.4 cm³/mol. The zero-order chi connectivity index (χ0) is 12.5. The molecule has 0 radical (unpaired) electrons. The Balaban J connectivity index is 2.38. The van der Waals surface area contributed by atoms with Gasteiger partial charge < -0.3 is 10.2 Å². The molecule has 2 atom stereocenters. The molecule has 0 aromatic rings. The first kappa shape index (κ1) is 15.0. The van der Waals surface area contributed by atoms with Crippen molar-refractivity contribution in [2.24, 2.45) is 5.92 Å². The van der Waals surface area contributed by atoms with Gasteiger partial charge in [0.05, 0.1) is 0 Å². The first-order valence-electron chi connectivity index (χ1n) is 7.77. The van der Waals surface area contributed by atoms with Crippen LogP contribution in [0.15, 0.2) is 0 Å². The molecule has 0 aromatic carbocycles. The van der Waals surface area contributed by atoms with Gasteiger partial charge in [-0.1, -0.05) is 40.0 Å². The number of rotatable bonds is 8. The molecule has 0 bridgehead atoms. The highest BCUT2D eigenvalue weighted by Crippen LogP contribution is 2.25. The molecule has 2 unspecified atom stereocenters. The third-order valence-electron chi connectivity index (χ3n) is 4.14. The molecule has 2 nitrogen and oxygen atoms in total. The molecule has 0 amide bonds. The van der Waals surface area contributed by atoms with Gasteiger partial charge in [-0.3, -0.25) is 0 Å². The summed E-state index contributed by atoms with van der Waals surface area (Å²) in [4.78, 5) is 2.66. The smallest absolute Gasteiger partial charge is 0.0107 e. The third kappa shape index (κ3) is 5.39. The molecule has 1 aliphatic rings. The van der Waals surface area contributed by atoms with Crippen molar-refractivity contribution < 1.29 is 0 Å². The normalized spacial score (nSPS) is 25.4. The van der Waals surface area contributed by atoms with Gasteiger partial charge in [-0.2, -0.15) is 0 Å². The highest BCUT2D eigenvalue weighted by atomic mass is 15.1. The van der Waals surface area contributed by atoms with Crippen molar-refractivity contribution in [2.45, 2.75) is 65.3 Å². The second-order valence-electron chi connectivity index (χ2n) is 5.46. The maximum atomic E-state index is 3.69. The lowest BCUT2D eigenvalue weighted by Crippen LogP contribution is -2.44. The number of nitrogens with zero attached hydrogens (tertiary/aromatic N) is 1. The van der Waals surface area contributed by atoms with Crippen molar-refractivity contribution in [3.05, 3.63) is 0 Å². The van der Waals surface area contributed by atoms with E-state index in [1.165, 1.54) is 58.2 Å². The second-order valence-corrected chi connectivity index (χ2v) is 5.46. The Hall–Kier alpha value is -0.0800. The van der Waals surface area contributed by atoms with Crippen molar-refractivity contribution in [1.82, 2.24) is 10.2 Å². The monoisotopic (exact) mass is 240 g/mol. The Bertz CT molecular complexity index is 180. The van der Waals surface area contributed by atoms with Gasteiger partial charge in [-0.05, 0) is 44.8 Å². The van der Waals surface area contributed by atoms with E-state index < -0.39 is 0 Å². The van der Waals surface area contributed by atoms with Gasteiger partial charge >= 0.3 is 0 Å². The average molecular weight is 240 g/mol. The number of hydrogen-bond acceptors (Lipinski definition) is 2. The fraction of sp³-hybridized carbons (Fsp3) is 1.00. The summed E-state index contributed by atoms with van der Waals surface area (Å²) in [5.41, 5.74) is 0. The highest BCUT2D eigenvalue weighted by Gasteiger charge is 2.25. The predicted octanol–water partition coefficient (Wildman–Crippen LogP) is 3.28.